The van der Waals surface area contributed by atoms with Crippen LogP contribution in [0.1, 0.15) is 11.1 Å². The molecule has 3 N–H and O–H groups in total. The van der Waals surface area contributed by atoms with E-state index in [9.17, 15) is 21.6 Å². The number of anilines is 1. The van der Waals surface area contributed by atoms with E-state index in [0.29, 0.717) is 16.1 Å². The Kier molecular flexibility index (Phi) is 5.76. The Hall–Kier alpha value is -1.94. The van der Waals surface area contributed by atoms with Crippen LogP contribution in [0.15, 0.2) is 46.2 Å². The molecule has 0 unspecified atom stereocenters. The average Bonchev–Trinajstić information content (AvgIpc) is 2.50. The van der Waals surface area contributed by atoms with Crippen LogP contribution in [0.5, 0.6) is 0 Å². The van der Waals surface area contributed by atoms with E-state index in [0.717, 1.165) is 0 Å². The molecule has 10 heteroatoms. The van der Waals surface area contributed by atoms with Crippen molar-refractivity contribution in [3.8, 4) is 0 Å². The standard InChI is InChI=1S/C16H17ClN2O5S2/c1-10-7-14(26(18,23)24)8-15(11(10)2)19-16(20)9-25(21,22)13-5-3-12(17)4-6-13/h3-8H,9H2,1-2H3,(H,19,20)(H2,18,23,24). The largest absolute Gasteiger partial charge is 0.325 e. The second-order valence-corrected chi connectivity index (χ2v) is 9.71. The number of carbonyl (C=O) groups excluding carboxylic acids is 1. The number of hydrogen-bond acceptors (Lipinski definition) is 5. The summed E-state index contributed by atoms with van der Waals surface area (Å²) in [6.07, 6.45) is 0. The van der Waals surface area contributed by atoms with Crippen molar-refractivity contribution in [1.29, 1.82) is 0 Å². The topological polar surface area (TPSA) is 123 Å². The normalized spacial score (nSPS) is 12.0. The highest BCUT2D eigenvalue weighted by Crippen LogP contribution is 2.24. The second kappa shape index (κ2) is 7.36. The molecule has 0 aliphatic carbocycles. The maximum absolute atomic E-state index is 12.3. The van der Waals surface area contributed by atoms with Gasteiger partial charge in [0.25, 0.3) is 0 Å². The van der Waals surface area contributed by atoms with Gasteiger partial charge in [0.15, 0.2) is 9.84 Å². The lowest BCUT2D eigenvalue weighted by molar-refractivity contribution is -0.113. The van der Waals surface area contributed by atoms with Crippen molar-refractivity contribution in [2.75, 3.05) is 11.1 Å². The van der Waals surface area contributed by atoms with Crippen molar-refractivity contribution in [1.82, 2.24) is 0 Å². The van der Waals surface area contributed by atoms with Gasteiger partial charge in [0.2, 0.25) is 15.9 Å². The Morgan fingerprint density at radius 1 is 1.04 bits per heavy atom. The van der Waals surface area contributed by atoms with E-state index in [1.807, 2.05) is 0 Å². The molecule has 0 spiro atoms. The number of primary sulfonamides is 1. The van der Waals surface area contributed by atoms with Gasteiger partial charge in [-0.15, -0.1) is 0 Å². The van der Waals surface area contributed by atoms with Gasteiger partial charge in [-0.05, 0) is 61.4 Å². The highest BCUT2D eigenvalue weighted by molar-refractivity contribution is 7.92. The molecule has 0 fully saturated rings. The van der Waals surface area contributed by atoms with Crippen molar-refractivity contribution in [3.63, 3.8) is 0 Å². The molecule has 1 amide bonds. The number of halogens is 1. The molecule has 2 aromatic rings. The molecule has 0 aliphatic rings. The number of sulfone groups is 1. The summed E-state index contributed by atoms with van der Waals surface area (Å²) >= 11 is 5.73. The zero-order valence-corrected chi connectivity index (χ0v) is 16.4. The van der Waals surface area contributed by atoms with Crippen LogP contribution in [0.3, 0.4) is 0 Å². The number of carbonyl (C=O) groups is 1. The van der Waals surface area contributed by atoms with Gasteiger partial charge in [0, 0.05) is 10.7 Å². The van der Waals surface area contributed by atoms with E-state index in [2.05, 4.69) is 5.32 Å². The summed E-state index contributed by atoms with van der Waals surface area (Å²) in [6.45, 7) is 3.33. The molecule has 0 radical (unpaired) electrons. The minimum absolute atomic E-state index is 0.0387. The summed E-state index contributed by atoms with van der Waals surface area (Å²) in [5.74, 6) is -1.60. The Balaban J connectivity index is 2.27. The predicted octanol–water partition coefficient (Wildman–Crippen LogP) is 2.02. The lowest BCUT2D eigenvalue weighted by Gasteiger charge is -2.13. The number of aryl methyl sites for hydroxylation is 1. The third-order valence-electron chi connectivity index (χ3n) is 3.74. The number of rotatable bonds is 5. The first kappa shape index (κ1) is 20.4. The smallest absolute Gasteiger partial charge is 0.239 e. The van der Waals surface area contributed by atoms with Crippen LogP contribution in [0.2, 0.25) is 5.02 Å². The SMILES string of the molecule is Cc1cc(S(N)(=O)=O)cc(NC(=O)CS(=O)(=O)c2ccc(Cl)cc2)c1C. The van der Waals surface area contributed by atoms with E-state index < -0.39 is 31.5 Å². The van der Waals surface area contributed by atoms with Gasteiger partial charge in [0.1, 0.15) is 5.75 Å². The molecule has 0 aromatic heterocycles. The van der Waals surface area contributed by atoms with Gasteiger partial charge in [0.05, 0.1) is 9.79 Å². The molecule has 0 bridgehead atoms. The van der Waals surface area contributed by atoms with E-state index in [4.69, 9.17) is 16.7 Å². The Morgan fingerprint density at radius 3 is 2.15 bits per heavy atom. The summed E-state index contributed by atoms with van der Waals surface area (Å²) in [5, 5.41) is 7.93. The Morgan fingerprint density at radius 2 is 1.62 bits per heavy atom. The number of nitrogens with two attached hydrogens (primary N) is 1. The van der Waals surface area contributed by atoms with Gasteiger partial charge >= 0.3 is 0 Å². The van der Waals surface area contributed by atoms with Crippen molar-refractivity contribution < 1.29 is 21.6 Å². The molecule has 140 valence electrons. The minimum Gasteiger partial charge on any atom is -0.325 e. The summed E-state index contributed by atoms with van der Waals surface area (Å²) < 4.78 is 47.7. The number of benzene rings is 2. The summed E-state index contributed by atoms with van der Waals surface area (Å²) in [5.41, 5.74) is 1.38. The van der Waals surface area contributed by atoms with Crippen molar-refractivity contribution in [2.24, 2.45) is 5.14 Å². The molecule has 26 heavy (non-hydrogen) atoms. The lowest BCUT2D eigenvalue weighted by Crippen LogP contribution is -2.24. The third kappa shape index (κ3) is 4.82. The predicted molar refractivity (Wildman–Crippen MR) is 99.4 cm³/mol. The van der Waals surface area contributed by atoms with Crippen molar-refractivity contribution in [2.45, 2.75) is 23.6 Å². The van der Waals surface area contributed by atoms with Crippen LogP contribution in [-0.2, 0) is 24.7 Å². The molecule has 0 heterocycles. The quantitative estimate of drug-likeness (QED) is 0.771. The van der Waals surface area contributed by atoms with E-state index in [1.54, 1.807) is 13.8 Å². The Labute approximate surface area is 157 Å². The number of sulfonamides is 1. The zero-order chi connectivity index (χ0) is 19.7. The van der Waals surface area contributed by atoms with E-state index in [-0.39, 0.29) is 15.5 Å². The molecule has 7 nitrogen and oxygen atoms in total. The van der Waals surface area contributed by atoms with Crippen LogP contribution in [0, 0.1) is 13.8 Å². The van der Waals surface area contributed by atoms with Crippen LogP contribution in [-0.4, -0.2) is 28.5 Å². The first-order valence-electron chi connectivity index (χ1n) is 7.32. The van der Waals surface area contributed by atoms with Crippen LogP contribution >= 0.6 is 11.6 Å². The molecule has 0 saturated heterocycles. The van der Waals surface area contributed by atoms with Crippen molar-refractivity contribution in [3.05, 3.63) is 52.5 Å². The molecular weight excluding hydrogens is 400 g/mol. The highest BCUT2D eigenvalue weighted by atomic mass is 35.5. The maximum Gasteiger partial charge on any atom is 0.239 e. The van der Waals surface area contributed by atoms with E-state index in [1.165, 1.54) is 36.4 Å². The van der Waals surface area contributed by atoms with E-state index >= 15 is 0 Å². The van der Waals surface area contributed by atoms with Crippen LogP contribution in [0.4, 0.5) is 5.69 Å². The summed E-state index contributed by atoms with van der Waals surface area (Å²) in [7, 11) is -7.84. The lowest BCUT2D eigenvalue weighted by atomic mass is 10.1. The number of nitrogens with one attached hydrogen (secondary N) is 1. The summed E-state index contributed by atoms with van der Waals surface area (Å²) in [6, 6.07) is 8.02. The monoisotopic (exact) mass is 416 g/mol. The molecule has 0 aliphatic heterocycles. The first-order chi connectivity index (χ1) is 11.9. The minimum atomic E-state index is -3.96. The van der Waals surface area contributed by atoms with Crippen LogP contribution in [0.25, 0.3) is 0 Å². The van der Waals surface area contributed by atoms with Gasteiger partial charge in [-0.2, -0.15) is 0 Å². The molecule has 2 rings (SSSR count). The van der Waals surface area contributed by atoms with Crippen LogP contribution < -0.4 is 10.5 Å². The fourth-order valence-electron chi connectivity index (χ4n) is 2.20. The molecule has 0 saturated carbocycles. The average molecular weight is 417 g/mol. The Bertz CT molecular complexity index is 1060. The van der Waals surface area contributed by atoms with Gasteiger partial charge in [-0.3, -0.25) is 4.79 Å². The fraction of sp³-hybridized carbons (Fsp3) is 0.188. The van der Waals surface area contributed by atoms with Gasteiger partial charge in [-0.25, -0.2) is 22.0 Å². The molecule has 0 atom stereocenters. The second-order valence-electron chi connectivity index (χ2n) is 5.72. The molecule has 2 aromatic carbocycles. The number of hydrogen-bond donors (Lipinski definition) is 2. The van der Waals surface area contributed by atoms with Crippen molar-refractivity contribution >= 4 is 43.1 Å². The van der Waals surface area contributed by atoms with Gasteiger partial charge < -0.3 is 5.32 Å². The number of amides is 1. The fourth-order valence-corrected chi connectivity index (χ4v) is 4.09. The zero-order valence-electron chi connectivity index (χ0n) is 14.0. The third-order valence-corrected chi connectivity index (χ3v) is 6.51. The summed E-state index contributed by atoms with van der Waals surface area (Å²) in [4.78, 5) is 12.0. The first-order valence-corrected chi connectivity index (χ1v) is 10.9. The molecular formula is C16H17ClN2O5S2. The highest BCUT2D eigenvalue weighted by Gasteiger charge is 2.21. The maximum atomic E-state index is 12.3. The van der Waals surface area contributed by atoms with Gasteiger partial charge in [-0.1, -0.05) is 11.6 Å².